The Labute approximate surface area is 157 Å². The number of allylic oxidation sites excluding steroid dienone is 2. The molecule has 2 aromatic carbocycles. The Morgan fingerprint density at radius 2 is 1.30 bits per heavy atom. The van der Waals surface area contributed by atoms with Gasteiger partial charge in [0.05, 0.1) is 17.5 Å². The maximum Gasteiger partial charge on any atom is 0.238 e. The molecule has 134 valence electrons. The lowest BCUT2D eigenvalue weighted by Crippen LogP contribution is -2.40. The molecule has 0 aromatic heterocycles. The summed E-state index contributed by atoms with van der Waals surface area (Å²) in [4.78, 5) is 27.7. The molecule has 0 radical (unpaired) electrons. The zero-order valence-electron chi connectivity index (χ0n) is 14.7. The Morgan fingerprint density at radius 3 is 1.89 bits per heavy atom. The molecule has 1 saturated heterocycles. The van der Waals surface area contributed by atoms with Gasteiger partial charge >= 0.3 is 0 Å². The minimum absolute atomic E-state index is 0.0218. The van der Waals surface area contributed by atoms with Crippen LogP contribution in [0.2, 0.25) is 0 Å². The molecule has 7 rings (SSSR count). The van der Waals surface area contributed by atoms with Gasteiger partial charge < -0.3 is 4.74 Å². The summed E-state index contributed by atoms with van der Waals surface area (Å²) in [6.45, 7) is 0. The summed E-state index contributed by atoms with van der Waals surface area (Å²) in [5, 5.41) is 0. The van der Waals surface area contributed by atoms with E-state index < -0.39 is 0 Å². The van der Waals surface area contributed by atoms with Gasteiger partial charge in [0.25, 0.3) is 0 Å². The van der Waals surface area contributed by atoms with Crippen LogP contribution in [-0.4, -0.2) is 11.8 Å². The highest BCUT2D eigenvalue weighted by atomic mass is 16.5. The number of nitrogens with zero attached hydrogens (tertiary/aromatic N) is 1. The first kappa shape index (κ1) is 15.2. The highest BCUT2D eigenvalue weighted by molar-refractivity contribution is 6.22. The lowest BCUT2D eigenvalue weighted by atomic mass is 9.63. The quantitative estimate of drug-likeness (QED) is 0.615. The molecule has 0 N–H and O–H groups in total. The summed E-state index contributed by atoms with van der Waals surface area (Å²) >= 11 is 0. The van der Waals surface area contributed by atoms with E-state index in [4.69, 9.17) is 4.74 Å². The number of hydrogen-bond acceptors (Lipinski definition) is 3. The molecule has 4 heteroatoms. The van der Waals surface area contributed by atoms with Crippen molar-refractivity contribution < 1.29 is 14.3 Å². The first-order chi connectivity index (χ1) is 13.2. The van der Waals surface area contributed by atoms with Gasteiger partial charge in [0.1, 0.15) is 11.5 Å². The summed E-state index contributed by atoms with van der Waals surface area (Å²) in [7, 11) is 0. The Bertz CT molecular complexity index is 929. The number of anilines is 1. The van der Waals surface area contributed by atoms with Gasteiger partial charge in [-0.25, -0.2) is 0 Å². The molecular formula is C23H19NO3. The average molecular weight is 357 g/mol. The number of benzene rings is 2. The van der Waals surface area contributed by atoms with Crippen molar-refractivity contribution in [3.63, 3.8) is 0 Å². The second-order valence-corrected chi connectivity index (χ2v) is 8.08. The normalized spacial score (nSPS) is 35.2. The van der Waals surface area contributed by atoms with Gasteiger partial charge in [0.15, 0.2) is 0 Å². The molecule has 3 fully saturated rings. The predicted octanol–water partition coefficient (Wildman–Crippen LogP) is 4.04. The van der Waals surface area contributed by atoms with Crippen molar-refractivity contribution in [1.29, 1.82) is 0 Å². The Balaban J connectivity index is 1.28. The maximum atomic E-state index is 13.1. The number of rotatable bonds is 3. The van der Waals surface area contributed by atoms with Gasteiger partial charge in [-0.2, -0.15) is 0 Å². The number of amides is 2. The first-order valence-corrected chi connectivity index (χ1v) is 9.61. The summed E-state index contributed by atoms with van der Waals surface area (Å²) in [6, 6.07) is 16.8. The van der Waals surface area contributed by atoms with E-state index in [1.807, 2.05) is 54.6 Å². The van der Waals surface area contributed by atoms with E-state index in [0.717, 1.165) is 5.75 Å². The lowest BCUT2D eigenvalue weighted by Gasteiger charge is -2.37. The van der Waals surface area contributed by atoms with Crippen LogP contribution in [0.5, 0.6) is 11.5 Å². The molecular weight excluding hydrogens is 338 g/mol. The largest absolute Gasteiger partial charge is 0.457 e. The third kappa shape index (κ3) is 2.10. The monoisotopic (exact) mass is 357 g/mol. The number of ether oxygens (including phenoxy) is 1. The number of carbonyl (C=O) groups is 2. The van der Waals surface area contributed by atoms with Crippen molar-refractivity contribution in [1.82, 2.24) is 0 Å². The molecule has 2 amide bonds. The van der Waals surface area contributed by atoms with Crippen LogP contribution in [-0.2, 0) is 9.59 Å². The Hall–Kier alpha value is -2.88. The fourth-order valence-electron chi connectivity index (χ4n) is 5.50. The van der Waals surface area contributed by atoms with Gasteiger partial charge in [0, 0.05) is 0 Å². The number of hydrogen-bond donors (Lipinski definition) is 0. The van der Waals surface area contributed by atoms with Gasteiger partial charge in [-0.1, -0.05) is 30.4 Å². The molecule has 2 aromatic rings. The molecule has 1 aliphatic heterocycles. The summed E-state index contributed by atoms with van der Waals surface area (Å²) in [5.41, 5.74) is 0.646. The molecule has 2 bridgehead atoms. The van der Waals surface area contributed by atoms with Gasteiger partial charge in [0.2, 0.25) is 11.8 Å². The lowest BCUT2D eigenvalue weighted by molar-refractivity contribution is -0.124. The second kappa shape index (κ2) is 5.32. The Morgan fingerprint density at radius 1 is 0.741 bits per heavy atom. The van der Waals surface area contributed by atoms with E-state index >= 15 is 0 Å². The minimum atomic E-state index is -0.156. The SMILES string of the molecule is O=C1[C@H]2[C@@H]3C=C[C@H]([C@@H]4C[C@H]34)[C@@H]2C(=O)N1c1ccc(Oc2ccccc2)cc1. The third-order valence-corrected chi connectivity index (χ3v) is 6.74. The molecule has 1 heterocycles. The van der Waals surface area contributed by atoms with E-state index in [-0.39, 0.29) is 35.5 Å². The summed E-state index contributed by atoms with van der Waals surface area (Å²) in [5.74, 6) is 2.85. The smallest absolute Gasteiger partial charge is 0.238 e. The zero-order valence-corrected chi connectivity index (χ0v) is 14.7. The van der Waals surface area contributed by atoms with Crippen LogP contribution < -0.4 is 9.64 Å². The fourth-order valence-corrected chi connectivity index (χ4v) is 5.50. The van der Waals surface area contributed by atoms with Crippen LogP contribution in [0.3, 0.4) is 0 Å². The molecule has 0 spiro atoms. The van der Waals surface area contributed by atoms with Crippen LogP contribution in [0.1, 0.15) is 6.42 Å². The average Bonchev–Trinajstić information content (AvgIpc) is 3.48. The van der Waals surface area contributed by atoms with Crippen molar-refractivity contribution >= 4 is 17.5 Å². The zero-order chi connectivity index (χ0) is 18.1. The van der Waals surface area contributed by atoms with Crippen LogP contribution >= 0.6 is 0 Å². The van der Waals surface area contributed by atoms with Gasteiger partial charge in [-0.3, -0.25) is 14.5 Å². The third-order valence-electron chi connectivity index (χ3n) is 6.74. The van der Waals surface area contributed by atoms with E-state index in [0.29, 0.717) is 23.3 Å². The minimum Gasteiger partial charge on any atom is -0.457 e. The molecule has 2 saturated carbocycles. The highest BCUT2D eigenvalue weighted by Crippen LogP contribution is 2.65. The Kier molecular flexibility index (Phi) is 2.99. The van der Waals surface area contributed by atoms with E-state index in [2.05, 4.69) is 12.2 Å². The van der Waals surface area contributed by atoms with E-state index in [1.165, 1.54) is 11.3 Å². The molecule has 0 unspecified atom stereocenters. The van der Waals surface area contributed by atoms with Crippen molar-refractivity contribution in [3.8, 4) is 11.5 Å². The standard InChI is InChI=1S/C23H19NO3/c25-22-20-16-10-11-17(19-12-18(16)19)21(20)23(26)24(22)13-6-8-15(9-7-13)27-14-4-2-1-3-5-14/h1-11,16-21H,12H2/t16-,17-,18-,19+,20+,21+/m1/s1. The van der Waals surface area contributed by atoms with Gasteiger partial charge in [-0.15, -0.1) is 0 Å². The number of imide groups is 1. The molecule has 5 aliphatic rings. The van der Waals surface area contributed by atoms with Crippen molar-refractivity contribution in [2.75, 3.05) is 4.90 Å². The maximum absolute atomic E-state index is 13.1. The highest BCUT2D eigenvalue weighted by Gasteiger charge is 2.67. The summed E-state index contributed by atoms with van der Waals surface area (Å²) < 4.78 is 5.81. The first-order valence-electron chi connectivity index (χ1n) is 9.61. The van der Waals surface area contributed by atoms with Crippen LogP contribution in [0.25, 0.3) is 0 Å². The van der Waals surface area contributed by atoms with Crippen molar-refractivity contribution in [2.24, 2.45) is 35.5 Å². The predicted molar refractivity (Wildman–Crippen MR) is 100 cm³/mol. The van der Waals surface area contributed by atoms with Crippen molar-refractivity contribution in [3.05, 3.63) is 66.7 Å². The molecule has 4 aliphatic carbocycles. The summed E-state index contributed by atoms with van der Waals surface area (Å²) in [6.07, 6.45) is 5.58. The van der Waals surface area contributed by atoms with Crippen molar-refractivity contribution in [2.45, 2.75) is 6.42 Å². The molecule has 4 nitrogen and oxygen atoms in total. The second-order valence-electron chi connectivity index (χ2n) is 8.08. The number of carbonyl (C=O) groups excluding carboxylic acids is 2. The number of para-hydroxylation sites is 1. The van der Waals surface area contributed by atoms with Crippen LogP contribution in [0.15, 0.2) is 66.7 Å². The molecule has 6 atom stereocenters. The van der Waals surface area contributed by atoms with E-state index in [1.54, 1.807) is 0 Å². The van der Waals surface area contributed by atoms with Gasteiger partial charge in [-0.05, 0) is 66.5 Å². The van der Waals surface area contributed by atoms with E-state index in [9.17, 15) is 9.59 Å². The van der Waals surface area contributed by atoms with Crippen LogP contribution in [0.4, 0.5) is 5.69 Å². The fraction of sp³-hybridized carbons (Fsp3) is 0.304. The molecule has 27 heavy (non-hydrogen) atoms. The topological polar surface area (TPSA) is 46.6 Å². The van der Waals surface area contributed by atoms with Crippen LogP contribution in [0, 0.1) is 35.5 Å².